The molecule has 1 atom stereocenters. The van der Waals surface area contributed by atoms with Crippen LogP contribution in [0.15, 0.2) is 24.3 Å². The average molecular weight is 245 g/mol. The molecule has 0 bridgehead atoms. The van der Waals surface area contributed by atoms with E-state index in [1.165, 1.54) is 0 Å². The Morgan fingerprint density at radius 1 is 1.56 bits per heavy atom. The van der Waals surface area contributed by atoms with Crippen LogP contribution in [-0.4, -0.2) is 18.5 Å². The molecule has 4 nitrogen and oxygen atoms in total. The van der Waals surface area contributed by atoms with E-state index in [2.05, 4.69) is 12.2 Å². The average Bonchev–Trinajstić information content (AvgIpc) is 2.43. The molecular weight excluding hydrogens is 226 g/mol. The zero-order chi connectivity index (χ0) is 13.4. The Labute approximate surface area is 108 Å². The van der Waals surface area contributed by atoms with Gasteiger partial charge in [-0.1, -0.05) is 25.8 Å². The highest BCUT2D eigenvalue weighted by Gasteiger charge is 2.12. The number of nitriles is 1. The third kappa shape index (κ3) is 4.19. The van der Waals surface area contributed by atoms with Crippen LogP contribution < -0.4 is 11.1 Å². The van der Waals surface area contributed by atoms with Crippen molar-refractivity contribution in [2.24, 2.45) is 5.73 Å². The van der Waals surface area contributed by atoms with E-state index < -0.39 is 0 Å². The van der Waals surface area contributed by atoms with Crippen molar-refractivity contribution < 1.29 is 4.79 Å². The van der Waals surface area contributed by atoms with Gasteiger partial charge < -0.3 is 11.1 Å². The van der Waals surface area contributed by atoms with Gasteiger partial charge in [-0.25, -0.2) is 0 Å². The predicted octanol–water partition coefficient (Wildman–Crippen LogP) is 1.81. The normalized spacial score (nSPS) is 11.6. The first-order valence-corrected chi connectivity index (χ1v) is 6.22. The smallest absolute Gasteiger partial charge is 0.251 e. The molecule has 3 N–H and O–H groups in total. The highest BCUT2D eigenvalue weighted by molar-refractivity contribution is 5.94. The highest BCUT2D eigenvalue weighted by atomic mass is 16.1. The van der Waals surface area contributed by atoms with Crippen LogP contribution in [0.3, 0.4) is 0 Å². The number of unbranched alkanes of at least 4 members (excludes halogenated alkanes) is 1. The van der Waals surface area contributed by atoms with E-state index in [0.717, 1.165) is 19.3 Å². The zero-order valence-corrected chi connectivity index (χ0v) is 10.6. The molecule has 0 aliphatic rings. The van der Waals surface area contributed by atoms with Crippen LogP contribution in [0, 0.1) is 11.3 Å². The van der Waals surface area contributed by atoms with Gasteiger partial charge >= 0.3 is 0 Å². The fourth-order valence-electron chi connectivity index (χ4n) is 1.70. The molecule has 1 amide bonds. The number of nitrogens with one attached hydrogen (secondary N) is 1. The summed E-state index contributed by atoms with van der Waals surface area (Å²) < 4.78 is 0. The summed E-state index contributed by atoms with van der Waals surface area (Å²) in [5.41, 5.74) is 6.62. The molecule has 0 aromatic heterocycles. The van der Waals surface area contributed by atoms with Gasteiger partial charge in [-0.15, -0.1) is 0 Å². The van der Waals surface area contributed by atoms with Crippen LogP contribution in [0.5, 0.6) is 0 Å². The summed E-state index contributed by atoms with van der Waals surface area (Å²) in [6, 6.07) is 8.69. The van der Waals surface area contributed by atoms with E-state index in [9.17, 15) is 4.79 Å². The van der Waals surface area contributed by atoms with E-state index in [1.54, 1.807) is 24.3 Å². The molecule has 0 radical (unpaired) electrons. The lowest BCUT2D eigenvalue weighted by molar-refractivity contribution is 0.0935. The second-order valence-corrected chi connectivity index (χ2v) is 4.24. The molecule has 0 heterocycles. The molecule has 96 valence electrons. The van der Waals surface area contributed by atoms with Gasteiger partial charge in [-0.2, -0.15) is 5.26 Å². The van der Waals surface area contributed by atoms with Gasteiger partial charge in [-0.05, 0) is 24.6 Å². The molecule has 1 unspecified atom stereocenters. The van der Waals surface area contributed by atoms with Crippen molar-refractivity contribution >= 4 is 5.91 Å². The summed E-state index contributed by atoms with van der Waals surface area (Å²) in [6.45, 7) is 2.54. The maximum atomic E-state index is 12.0. The van der Waals surface area contributed by atoms with Gasteiger partial charge in [-0.3, -0.25) is 4.79 Å². The van der Waals surface area contributed by atoms with E-state index in [1.807, 2.05) is 6.07 Å². The monoisotopic (exact) mass is 245 g/mol. The Bertz CT molecular complexity index is 437. The Kier molecular flexibility index (Phi) is 5.89. The third-order valence-electron chi connectivity index (χ3n) is 2.78. The Balaban J connectivity index is 2.66. The Morgan fingerprint density at radius 2 is 2.33 bits per heavy atom. The molecule has 0 fully saturated rings. The predicted molar refractivity (Wildman–Crippen MR) is 71.0 cm³/mol. The number of hydrogen-bond acceptors (Lipinski definition) is 3. The Morgan fingerprint density at radius 3 is 2.94 bits per heavy atom. The SMILES string of the molecule is CCCCC(CN)NC(=O)c1cccc(C#N)c1. The third-order valence-corrected chi connectivity index (χ3v) is 2.78. The zero-order valence-electron chi connectivity index (χ0n) is 10.6. The number of nitrogens with zero attached hydrogens (tertiary/aromatic N) is 1. The minimum Gasteiger partial charge on any atom is -0.348 e. The largest absolute Gasteiger partial charge is 0.348 e. The lowest BCUT2D eigenvalue weighted by Gasteiger charge is -2.16. The first-order valence-electron chi connectivity index (χ1n) is 6.22. The van der Waals surface area contributed by atoms with Crippen molar-refractivity contribution in [2.75, 3.05) is 6.54 Å². The summed E-state index contributed by atoms with van der Waals surface area (Å²) in [5.74, 6) is -0.168. The number of nitrogens with two attached hydrogens (primary N) is 1. The van der Waals surface area contributed by atoms with Crippen LogP contribution in [0.25, 0.3) is 0 Å². The summed E-state index contributed by atoms with van der Waals surface area (Å²) in [6.07, 6.45) is 3.01. The minimum atomic E-state index is -0.168. The van der Waals surface area contributed by atoms with Crippen LogP contribution >= 0.6 is 0 Å². The number of rotatable bonds is 6. The van der Waals surface area contributed by atoms with E-state index in [4.69, 9.17) is 11.0 Å². The topological polar surface area (TPSA) is 78.9 Å². The molecule has 0 aliphatic heterocycles. The summed E-state index contributed by atoms with van der Waals surface area (Å²) in [5, 5.41) is 11.7. The number of carbonyl (C=O) groups is 1. The van der Waals surface area contributed by atoms with Crippen molar-refractivity contribution in [2.45, 2.75) is 32.2 Å². The van der Waals surface area contributed by atoms with Crippen molar-refractivity contribution in [1.82, 2.24) is 5.32 Å². The van der Waals surface area contributed by atoms with Crippen LogP contribution in [0.4, 0.5) is 0 Å². The second-order valence-electron chi connectivity index (χ2n) is 4.24. The lowest BCUT2D eigenvalue weighted by Crippen LogP contribution is -2.40. The number of benzene rings is 1. The number of amides is 1. The summed E-state index contributed by atoms with van der Waals surface area (Å²) in [4.78, 5) is 12.0. The quantitative estimate of drug-likeness (QED) is 0.802. The first kappa shape index (κ1) is 14.2. The molecule has 0 aliphatic carbocycles. The maximum Gasteiger partial charge on any atom is 0.251 e. The maximum absolute atomic E-state index is 12.0. The molecular formula is C14H19N3O. The molecule has 18 heavy (non-hydrogen) atoms. The summed E-state index contributed by atoms with van der Waals surface area (Å²) in [7, 11) is 0. The molecule has 0 spiro atoms. The van der Waals surface area contributed by atoms with Gasteiger partial charge in [0.2, 0.25) is 0 Å². The molecule has 1 rings (SSSR count). The van der Waals surface area contributed by atoms with Gasteiger partial charge in [0.25, 0.3) is 5.91 Å². The van der Waals surface area contributed by atoms with Crippen LogP contribution in [0.1, 0.15) is 42.1 Å². The molecule has 1 aromatic carbocycles. The van der Waals surface area contributed by atoms with Crippen LogP contribution in [-0.2, 0) is 0 Å². The van der Waals surface area contributed by atoms with Gasteiger partial charge in [0.05, 0.1) is 11.6 Å². The Hall–Kier alpha value is -1.86. The molecule has 4 heteroatoms. The first-order chi connectivity index (χ1) is 8.71. The molecule has 0 saturated heterocycles. The van der Waals surface area contributed by atoms with Crippen molar-refractivity contribution in [3.8, 4) is 6.07 Å². The molecule has 1 aromatic rings. The number of hydrogen-bond donors (Lipinski definition) is 2. The van der Waals surface area contributed by atoms with E-state index >= 15 is 0 Å². The van der Waals surface area contributed by atoms with Crippen molar-refractivity contribution in [3.05, 3.63) is 35.4 Å². The highest BCUT2D eigenvalue weighted by Crippen LogP contribution is 2.06. The fraction of sp³-hybridized carbons (Fsp3) is 0.429. The lowest BCUT2D eigenvalue weighted by atomic mass is 10.1. The van der Waals surface area contributed by atoms with Crippen molar-refractivity contribution in [3.63, 3.8) is 0 Å². The molecule has 0 saturated carbocycles. The number of carbonyl (C=O) groups excluding carboxylic acids is 1. The van der Waals surface area contributed by atoms with Gasteiger partial charge in [0, 0.05) is 18.2 Å². The minimum absolute atomic E-state index is 0.00296. The van der Waals surface area contributed by atoms with E-state index in [-0.39, 0.29) is 11.9 Å². The second kappa shape index (κ2) is 7.46. The summed E-state index contributed by atoms with van der Waals surface area (Å²) >= 11 is 0. The van der Waals surface area contributed by atoms with Gasteiger partial charge in [0.15, 0.2) is 0 Å². The fourth-order valence-corrected chi connectivity index (χ4v) is 1.70. The standard InChI is InChI=1S/C14H19N3O/c1-2-3-7-13(10-16)17-14(18)12-6-4-5-11(8-12)9-15/h4-6,8,13H,2-3,7,10,16H2,1H3,(H,17,18). The van der Waals surface area contributed by atoms with E-state index in [0.29, 0.717) is 17.7 Å². The van der Waals surface area contributed by atoms with Crippen molar-refractivity contribution in [1.29, 1.82) is 5.26 Å². The van der Waals surface area contributed by atoms with Crippen LogP contribution in [0.2, 0.25) is 0 Å². The van der Waals surface area contributed by atoms with Gasteiger partial charge in [0.1, 0.15) is 0 Å².